The van der Waals surface area contributed by atoms with Gasteiger partial charge in [-0.2, -0.15) is 0 Å². The van der Waals surface area contributed by atoms with Crippen LogP contribution >= 0.6 is 11.6 Å². The first-order valence-electron chi connectivity index (χ1n) is 6.19. The van der Waals surface area contributed by atoms with Gasteiger partial charge in [-0.3, -0.25) is 0 Å². The zero-order chi connectivity index (χ0) is 14.1. The molecule has 1 heterocycles. The molecule has 0 aromatic heterocycles. The van der Waals surface area contributed by atoms with E-state index in [1.807, 2.05) is 6.07 Å². The van der Waals surface area contributed by atoms with Crippen LogP contribution in [0, 0.1) is 5.82 Å². The number of aliphatic hydroxyl groups is 1. The highest BCUT2D eigenvalue weighted by Crippen LogP contribution is 2.26. The maximum absolute atomic E-state index is 13.9. The van der Waals surface area contributed by atoms with Crippen molar-refractivity contribution in [3.8, 4) is 0 Å². The molecule has 1 aliphatic rings. The molecule has 3 rings (SSSR count). The Labute approximate surface area is 120 Å². The summed E-state index contributed by atoms with van der Waals surface area (Å²) in [5, 5.41) is 10.3. The maximum Gasteiger partial charge on any atom is 0.165 e. The van der Waals surface area contributed by atoms with E-state index in [4.69, 9.17) is 11.6 Å². The van der Waals surface area contributed by atoms with Crippen LogP contribution in [0.4, 0.5) is 10.1 Å². The number of hydrogen-bond acceptors (Lipinski definition) is 3. The Morgan fingerprint density at radius 2 is 2.00 bits per heavy atom. The molecule has 3 nitrogen and oxygen atoms in total. The second kappa shape index (κ2) is 5.23. The molecule has 1 atom stereocenters. The zero-order valence-corrected chi connectivity index (χ0v) is 11.3. The van der Waals surface area contributed by atoms with Gasteiger partial charge >= 0.3 is 0 Å². The Kier molecular flexibility index (Phi) is 3.42. The van der Waals surface area contributed by atoms with E-state index in [2.05, 4.69) is 4.99 Å². The lowest BCUT2D eigenvalue weighted by Gasteiger charge is -2.21. The molecule has 0 bridgehead atoms. The van der Waals surface area contributed by atoms with Gasteiger partial charge in [-0.05, 0) is 30.3 Å². The van der Waals surface area contributed by atoms with Gasteiger partial charge in [0.05, 0.1) is 12.1 Å². The molecule has 1 unspecified atom stereocenters. The van der Waals surface area contributed by atoms with E-state index in [9.17, 15) is 9.50 Å². The van der Waals surface area contributed by atoms with E-state index in [1.165, 1.54) is 6.07 Å². The van der Waals surface area contributed by atoms with Gasteiger partial charge in [-0.15, -0.1) is 0 Å². The van der Waals surface area contributed by atoms with Crippen molar-refractivity contribution >= 4 is 23.1 Å². The lowest BCUT2D eigenvalue weighted by atomic mass is 10.1. The lowest BCUT2D eigenvalue weighted by Crippen LogP contribution is -2.30. The van der Waals surface area contributed by atoms with Crippen LogP contribution < -0.4 is 4.90 Å². The number of aliphatic hydroxyl groups excluding tert-OH is 1. The summed E-state index contributed by atoms with van der Waals surface area (Å²) in [6.07, 6.45) is -0.872. The van der Waals surface area contributed by atoms with Crippen molar-refractivity contribution in [2.75, 3.05) is 11.4 Å². The van der Waals surface area contributed by atoms with Gasteiger partial charge < -0.3 is 10.0 Å². The van der Waals surface area contributed by atoms with E-state index in [1.54, 1.807) is 41.3 Å². The summed E-state index contributed by atoms with van der Waals surface area (Å²) in [7, 11) is 0. The molecule has 0 spiro atoms. The number of nitrogens with zero attached hydrogens (tertiary/aromatic N) is 2. The standard InChI is InChI=1S/C15H12ClFN2O/c16-10-4-3-5-11(8-10)19-9-14(20)18-15(19)12-6-1-2-7-13(12)17/h1-8,14,20H,9H2. The fourth-order valence-electron chi connectivity index (χ4n) is 2.23. The quantitative estimate of drug-likeness (QED) is 0.923. The first-order chi connectivity index (χ1) is 9.65. The summed E-state index contributed by atoms with van der Waals surface area (Å²) < 4.78 is 13.9. The normalized spacial score (nSPS) is 18.2. The van der Waals surface area contributed by atoms with Crippen LogP contribution in [-0.4, -0.2) is 23.7 Å². The molecule has 20 heavy (non-hydrogen) atoms. The summed E-state index contributed by atoms with van der Waals surface area (Å²) in [5.74, 6) is 0.0465. The fourth-order valence-corrected chi connectivity index (χ4v) is 2.42. The molecule has 1 aliphatic heterocycles. The Morgan fingerprint density at radius 1 is 1.20 bits per heavy atom. The predicted octanol–water partition coefficient (Wildman–Crippen LogP) is 3.06. The first-order valence-corrected chi connectivity index (χ1v) is 6.57. The van der Waals surface area contributed by atoms with Gasteiger partial charge in [-0.1, -0.05) is 29.8 Å². The van der Waals surface area contributed by atoms with Gasteiger partial charge in [0.1, 0.15) is 11.7 Å². The third kappa shape index (κ3) is 2.40. The van der Waals surface area contributed by atoms with Crippen LogP contribution in [0.2, 0.25) is 5.02 Å². The topological polar surface area (TPSA) is 35.8 Å². The number of anilines is 1. The molecule has 5 heteroatoms. The summed E-state index contributed by atoms with van der Waals surface area (Å²) in [4.78, 5) is 5.88. The van der Waals surface area contributed by atoms with Gasteiger partial charge in [-0.25, -0.2) is 9.38 Å². The van der Waals surface area contributed by atoms with Crippen molar-refractivity contribution in [3.05, 3.63) is 64.9 Å². The number of halogens is 2. The van der Waals surface area contributed by atoms with Crippen LogP contribution in [0.3, 0.4) is 0 Å². The van der Waals surface area contributed by atoms with E-state index < -0.39 is 6.23 Å². The third-order valence-corrected chi connectivity index (χ3v) is 3.34. The summed E-state index contributed by atoms with van der Waals surface area (Å²) in [5.41, 5.74) is 1.14. The van der Waals surface area contributed by atoms with E-state index in [0.29, 0.717) is 16.4 Å². The van der Waals surface area contributed by atoms with Crippen molar-refractivity contribution in [1.29, 1.82) is 0 Å². The summed E-state index contributed by atoms with van der Waals surface area (Å²) in [6.45, 7) is 0.282. The van der Waals surface area contributed by atoms with Gasteiger partial charge in [0.25, 0.3) is 0 Å². The molecule has 1 N–H and O–H groups in total. The molecule has 102 valence electrons. The SMILES string of the molecule is OC1CN(c2cccc(Cl)c2)C(c2ccccc2F)=N1. The average Bonchev–Trinajstić information content (AvgIpc) is 2.81. The van der Waals surface area contributed by atoms with Crippen LogP contribution in [0.15, 0.2) is 53.5 Å². The second-order valence-corrected chi connectivity index (χ2v) is 4.94. The third-order valence-electron chi connectivity index (χ3n) is 3.11. The molecular weight excluding hydrogens is 279 g/mol. The van der Waals surface area contributed by atoms with E-state index in [-0.39, 0.29) is 12.4 Å². The first kappa shape index (κ1) is 13.1. The molecule has 0 saturated carbocycles. The number of rotatable bonds is 2. The number of aliphatic imine (C=N–C) groups is 1. The Morgan fingerprint density at radius 3 is 2.75 bits per heavy atom. The fraction of sp³-hybridized carbons (Fsp3) is 0.133. The van der Waals surface area contributed by atoms with E-state index >= 15 is 0 Å². The molecule has 0 saturated heterocycles. The summed E-state index contributed by atoms with van der Waals surface area (Å²) >= 11 is 5.98. The lowest BCUT2D eigenvalue weighted by molar-refractivity contribution is 0.202. The van der Waals surface area contributed by atoms with Crippen LogP contribution in [0.1, 0.15) is 5.56 Å². The van der Waals surface area contributed by atoms with Gasteiger partial charge in [0.2, 0.25) is 0 Å². The van der Waals surface area contributed by atoms with Crippen molar-refractivity contribution in [2.24, 2.45) is 4.99 Å². The molecule has 0 aliphatic carbocycles. The maximum atomic E-state index is 13.9. The minimum absolute atomic E-state index is 0.282. The van der Waals surface area contributed by atoms with Gasteiger partial charge in [0, 0.05) is 10.7 Å². The molecule has 2 aromatic rings. The van der Waals surface area contributed by atoms with Crippen LogP contribution in [0.25, 0.3) is 0 Å². The second-order valence-electron chi connectivity index (χ2n) is 4.50. The number of hydrogen-bond donors (Lipinski definition) is 1. The molecule has 0 radical (unpaired) electrons. The molecule has 0 amide bonds. The number of benzene rings is 2. The minimum atomic E-state index is -0.872. The summed E-state index contributed by atoms with van der Waals surface area (Å²) in [6, 6.07) is 13.5. The van der Waals surface area contributed by atoms with Crippen molar-refractivity contribution < 1.29 is 9.50 Å². The number of β-amino-alcohol motifs (C(OH)–C–C–N with tert-alkyl or cyclic N) is 1. The Balaban J connectivity index is 2.04. The van der Waals surface area contributed by atoms with Crippen molar-refractivity contribution in [1.82, 2.24) is 0 Å². The zero-order valence-electron chi connectivity index (χ0n) is 10.5. The largest absolute Gasteiger partial charge is 0.370 e. The highest BCUT2D eigenvalue weighted by atomic mass is 35.5. The van der Waals surface area contributed by atoms with E-state index in [0.717, 1.165) is 5.69 Å². The highest BCUT2D eigenvalue weighted by molar-refractivity contribution is 6.31. The smallest absolute Gasteiger partial charge is 0.165 e. The molecule has 0 fully saturated rings. The van der Waals surface area contributed by atoms with Gasteiger partial charge in [0.15, 0.2) is 6.23 Å². The average molecular weight is 291 g/mol. The van der Waals surface area contributed by atoms with Crippen LogP contribution in [0.5, 0.6) is 0 Å². The molecular formula is C15H12ClFN2O. The predicted molar refractivity (Wildman–Crippen MR) is 77.7 cm³/mol. The van der Waals surface area contributed by atoms with Crippen LogP contribution in [-0.2, 0) is 0 Å². The highest BCUT2D eigenvalue weighted by Gasteiger charge is 2.27. The molecule has 2 aromatic carbocycles. The number of amidine groups is 1. The van der Waals surface area contributed by atoms with Crippen molar-refractivity contribution in [3.63, 3.8) is 0 Å². The monoisotopic (exact) mass is 290 g/mol. The minimum Gasteiger partial charge on any atom is -0.370 e. The Bertz CT molecular complexity index is 674. The van der Waals surface area contributed by atoms with Crippen molar-refractivity contribution in [2.45, 2.75) is 6.23 Å². The Hall–Kier alpha value is -1.91.